The quantitative estimate of drug-likeness (QED) is 0.523. The lowest BCUT2D eigenvalue weighted by atomic mass is 9.78. The van der Waals surface area contributed by atoms with Gasteiger partial charge in [-0.3, -0.25) is 0 Å². The molecule has 0 aromatic rings. The first-order valence-electron chi connectivity index (χ1n) is 7.75. The lowest BCUT2D eigenvalue weighted by molar-refractivity contribution is 0.0132. The predicted octanol–water partition coefficient (Wildman–Crippen LogP) is 2.37. The van der Waals surface area contributed by atoms with Gasteiger partial charge in [0.1, 0.15) is 0 Å². The van der Waals surface area contributed by atoms with Crippen molar-refractivity contribution in [2.45, 2.75) is 51.5 Å². The van der Waals surface area contributed by atoms with Crippen molar-refractivity contribution in [2.24, 2.45) is 0 Å². The summed E-state index contributed by atoms with van der Waals surface area (Å²) in [6.45, 7) is 9.71. The van der Waals surface area contributed by atoms with Gasteiger partial charge in [-0.1, -0.05) is 13.3 Å². The molecular weight excluding hydrogens is 242 g/mol. The van der Waals surface area contributed by atoms with Gasteiger partial charge in [0, 0.05) is 18.7 Å². The van der Waals surface area contributed by atoms with Crippen LogP contribution in [0.2, 0.25) is 0 Å². The Morgan fingerprint density at radius 2 is 1.47 bits per heavy atom. The molecule has 114 valence electrons. The van der Waals surface area contributed by atoms with Crippen LogP contribution in [-0.4, -0.2) is 51.7 Å². The second kappa shape index (κ2) is 10.6. The van der Waals surface area contributed by atoms with Gasteiger partial charge < -0.3 is 19.5 Å². The van der Waals surface area contributed by atoms with E-state index in [0.29, 0.717) is 32.0 Å². The van der Waals surface area contributed by atoms with Gasteiger partial charge in [-0.15, -0.1) is 0 Å². The third kappa shape index (κ3) is 8.58. The SMILES string of the molecule is CCCCOCCOCCOCCNC1(C)CCC1. The molecule has 1 rings (SSSR count). The van der Waals surface area contributed by atoms with Gasteiger partial charge in [0.25, 0.3) is 0 Å². The summed E-state index contributed by atoms with van der Waals surface area (Å²) in [6.07, 6.45) is 6.28. The van der Waals surface area contributed by atoms with Crippen LogP contribution >= 0.6 is 0 Å². The summed E-state index contributed by atoms with van der Waals surface area (Å²) < 4.78 is 16.3. The Balaban J connectivity index is 1.69. The molecule has 1 fully saturated rings. The molecule has 0 amide bonds. The highest BCUT2D eigenvalue weighted by Gasteiger charge is 2.30. The van der Waals surface area contributed by atoms with Gasteiger partial charge in [-0.2, -0.15) is 0 Å². The molecule has 1 aliphatic carbocycles. The van der Waals surface area contributed by atoms with Crippen LogP contribution in [0.3, 0.4) is 0 Å². The molecule has 4 nitrogen and oxygen atoms in total. The average molecular weight is 273 g/mol. The molecule has 0 aromatic carbocycles. The Bertz CT molecular complexity index is 208. The van der Waals surface area contributed by atoms with E-state index in [0.717, 1.165) is 26.2 Å². The molecule has 1 aliphatic rings. The first-order chi connectivity index (χ1) is 9.27. The minimum absolute atomic E-state index is 0.385. The Kier molecular flexibility index (Phi) is 9.43. The summed E-state index contributed by atoms with van der Waals surface area (Å²) in [5.74, 6) is 0. The van der Waals surface area contributed by atoms with Crippen molar-refractivity contribution in [3.63, 3.8) is 0 Å². The van der Waals surface area contributed by atoms with Crippen LogP contribution in [-0.2, 0) is 14.2 Å². The molecular formula is C15H31NO3. The summed E-state index contributed by atoms with van der Waals surface area (Å²) in [5, 5.41) is 3.54. The van der Waals surface area contributed by atoms with Crippen molar-refractivity contribution in [3.8, 4) is 0 Å². The molecule has 1 N–H and O–H groups in total. The first kappa shape index (κ1) is 16.9. The van der Waals surface area contributed by atoms with Crippen LogP contribution in [0.25, 0.3) is 0 Å². The van der Waals surface area contributed by atoms with E-state index in [1.807, 2.05) is 0 Å². The molecule has 0 bridgehead atoms. The van der Waals surface area contributed by atoms with Crippen LogP contribution in [0.15, 0.2) is 0 Å². The van der Waals surface area contributed by atoms with Crippen molar-refractivity contribution in [1.82, 2.24) is 5.32 Å². The lowest BCUT2D eigenvalue weighted by Gasteiger charge is -2.39. The Hall–Kier alpha value is -0.160. The van der Waals surface area contributed by atoms with Crippen LogP contribution < -0.4 is 5.32 Å². The lowest BCUT2D eigenvalue weighted by Crippen LogP contribution is -2.49. The van der Waals surface area contributed by atoms with Gasteiger partial charge in [0.05, 0.1) is 33.0 Å². The van der Waals surface area contributed by atoms with E-state index in [1.165, 1.54) is 25.7 Å². The summed E-state index contributed by atoms with van der Waals surface area (Å²) in [7, 11) is 0. The molecule has 0 aromatic heterocycles. The van der Waals surface area contributed by atoms with E-state index < -0.39 is 0 Å². The smallest absolute Gasteiger partial charge is 0.0701 e. The number of ether oxygens (including phenoxy) is 3. The van der Waals surface area contributed by atoms with Crippen molar-refractivity contribution in [3.05, 3.63) is 0 Å². The third-order valence-corrected chi connectivity index (χ3v) is 3.64. The van der Waals surface area contributed by atoms with Crippen molar-refractivity contribution in [1.29, 1.82) is 0 Å². The monoisotopic (exact) mass is 273 g/mol. The van der Waals surface area contributed by atoms with Crippen LogP contribution in [0.1, 0.15) is 46.0 Å². The molecule has 0 aliphatic heterocycles. The van der Waals surface area contributed by atoms with Crippen LogP contribution in [0.5, 0.6) is 0 Å². The number of unbranched alkanes of at least 4 members (excludes halogenated alkanes) is 1. The van der Waals surface area contributed by atoms with Crippen LogP contribution in [0.4, 0.5) is 0 Å². The maximum atomic E-state index is 5.51. The zero-order chi connectivity index (χ0) is 13.8. The van der Waals surface area contributed by atoms with Gasteiger partial charge in [0.15, 0.2) is 0 Å². The Morgan fingerprint density at radius 3 is 2.00 bits per heavy atom. The fraction of sp³-hybridized carbons (Fsp3) is 1.00. The highest BCUT2D eigenvalue weighted by molar-refractivity contribution is 4.91. The molecule has 0 spiro atoms. The fourth-order valence-electron chi connectivity index (χ4n) is 2.10. The van der Waals surface area contributed by atoms with Crippen molar-refractivity contribution in [2.75, 3.05) is 46.2 Å². The maximum absolute atomic E-state index is 5.51. The summed E-state index contributed by atoms with van der Waals surface area (Å²) in [4.78, 5) is 0. The van der Waals surface area contributed by atoms with Gasteiger partial charge in [-0.25, -0.2) is 0 Å². The summed E-state index contributed by atoms with van der Waals surface area (Å²) in [6, 6.07) is 0. The van der Waals surface area contributed by atoms with Crippen molar-refractivity contribution >= 4 is 0 Å². The second-order valence-corrected chi connectivity index (χ2v) is 5.53. The summed E-state index contributed by atoms with van der Waals surface area (Å²) in [5.41, 5.74) is 0.385. The average Bonchev–Trinajstić information content (AvgIpc) is 2.38. The highest BCUT2D eigenvalue weighted by Crippen LogP contribution is 2.30. The zero-order valence-electron chi connectivity index (χ0n) is 12.7. The molecule has 0 radical (unpaired) electrons. The minimum atomic E-state index is 0.385. The number of nitrogens with one attached hydrogen (secondary N) is 1. The van der Waals surface area contributed by atoms with Gasteiger partial charge in [-0.05, 0) is 32.6 Å². The predicted molar refractivity (Wildman–Crippen MR) is 77.6 cm³/mol. The van der Waals surface area contributed by atoms with E-state index in [2.05, 4.69) is 19.2 Å². The number of hydrogen-bond acceptors (Lipinski definition) is 4. The van der Waals surface area contributed by atoms with E-state index >= 15 is 0 Å². The molecule has 1 saturated carbocycles. The zero-order valence-corrected chi connectivity index (χ0v) is 12.7. The number of rotatable bonds is 13. The standard InChI is InChI=1S/C15H31NO3/c1-3-4-9-17-11-13-19-14-12-18-10-8-16-15(2)6-5-7-15/h16H,3-14H2,1-2H3. The third-order valence-electron chi connectivity index (χ3n) is 3.64. The second-order valence-electron chi connectivity index (χ2n) is 5.53. The minimum Gasteiger partial charge on any atom is -0.379 e. The van der Waals surface area contributed by atoms with Gasteiger partial charge in [0.2, 0.25) is 0 Å². The van der Waals surface area contributed by atoms with Gasteiger partial charge >= 0.3 is 0 Å². The largest absolute Gasteiger partial charge is 0.379 e. The molecule has 0 unspecified atom stereocenters. The van der Waals surface area contributed by atoms with E-state index in [9.17, 15) is 0 Å². The molecule has 0 saturated heterocycles. The maximum Gasteiger partial charge on any atom is 0.0701 e. The Morgan fingerprint density at radius 1 is 0.895 bits per heavy atom. The highest BCUT2D eigenvalue weighted by atomic mass is 16.5. The topological polar surface area (TPSA) is 39.7 Å². The summed E-state index contributed by atoms with van der Waals surface area (Å²) >= 11 is 0. The van der Waals surface area contributed by atoms with E-state index in [4.69, 9.17) is 14.2 Å². The molecule has 0 atom stereocenters. The van der Waals surface area contributed by atoms with E-state index in [-0.39, 0.29) is 0 Å². The Labute approximate surface area is 118 Å². The van der Waals surface area contributed by atoms with Crippen molar-refractivity contribution < 1.29 is 14.2 Å². The molecule has 0 heterocycles. The van der Waals surface area contributed by atoms with Crippen LogP contribution in [0, 0.1) is 0 Å². The first-order valence-corrected chi connectivity index (χ1v) is 7.75. The van der Waals surface area contributed by atoms with E-state index in [1.54, 1.807) is 0 Å². The molecule has 19 heavy (non-hydrogen) atoms. The number of hydrogen-bond donors (Lipinski definition) is 1. The fourth-order valence-corrected chi connectivity index (χ4v) is 2.10. The normalized spacial score (nSPS) is 17.4. The molecule has 4 heteroatoms.